The van der Waals surface area contributed by atoms with Crippen molar-refractivity contribution in [1.29, 1.82) is 0 Å². The molecule has 142 valence electrons. The third kappa shape index (κ3) is 5.42. The molecule has 4 nitrogen and oxygen atoms in total. The van der Waals surface area contributed by atoms with E-state index in [0.717, 1.165) is 38.6 Å². The van der Waals surface area contributed by atoms with Crippen molar-refractivity contribution in [2.75, 3.05) is 6.54 Å². The summed E-state index contributed by atoms with van der Waals surface area (Å²) in [6.45, 7) is 12.8. The van der Waals surface area contributed by atoms with Crippen molar-refractivity contribution in [2.45, 2.75) is 97.3 Å². The van der Waals surface area contributed by atoms with Gasteiger partial charge in [-0.3, -0.25) is 0 Å². The first-order valence-corrected chi connectivity index (χ1v) is 9.97. The first kappa shape index (κ1) is 20.2. The number of nitrogens with one attached hydrogen (secondary N) is 1. The molecule has 4 unspecified atom stereocenters. The van der Waals surface area contributed by atoms with Crippen LogP contribution in [0.5, 0.6) is 0 Å². The molecule has 0 spiro atoms. The Morgan fingerprint density at radius 2 is 1.21 bits per heavy atom. The Morgan fingerprint density at radius 3 is 1.75 bits per heavy atom. The van der Waals surface area contributed by atoms with Crippen LogP contribution in [0.25, 0.3) is 0 Å². The third-order valence-corrected chi connectivity index (χ3v) is 6.70. The van der Waals surface area contributed by atoms with Crippen LogP contribution in [0.15, 0.2) is 0 Å². The summed E-state index contributed by atoms with van der Waals surface area (Å²) < 4.78 is 0. The fraction of sp³-hybridized carbons (Fsp3) is 1.00. The molecule has 0 aliphatic heterocycles. The summed E-state index contributed by atoms with van der Waals surface area (Å²) in [7, 11) is 0. The standard InChI is InChI=1S/C20H42N4/c1-19(2,3)13-6-17(23)11-18(9-13)24-12-20(4,5)14-7-15(21)10-16(22)8-14/h13-18,24H,6-12,21-23H2,1-5H3/t13?,14?,15-,16+,17?,18?. The molecule has 0 aromatic rings. The van der Waals surface area contributed by atoms with Gasteiger partial charge >= 0.3 is 0 Å². The molecule has 2 saturated carbocycles. The Balaban J connectivity index is 1.91. The first-order valence-electron chi connectivity index (χ1n) is 9.97. The van der Waals surface area contributed by atoms with Gasteiger partial charge < -0.3 is 22.5 Å². The van der Waals surface area contributed by atoms with Crippen LogP contribution in [0.3, 0.4) is 0 Å². The number of nitrogens with two attached hydrogens (primary N) is 3. The lowest BCUT2D eigenvalue weighted by Crippen LogP contribution is -2.50. The van der Waals surface area contributed by atoms with Gasteiger partial charge in [0.15, 0.2) is 0 Å². The predicted octanol–water partition coefficient (Wildman–Crippen LogP) is 2.60. The first-order chi connectivity index (χ1) is 11.0. The highest BCUT2D eigenvalue weighted by molar-refractivity contribution is 4.94. The molecule has 0 amide bonds. The molecule has 4 heteroatoms. The Kier molecular flexibility index (Phi) is 6.39. The second kappa shape index (κ2) is 7.61. The maximum Gasteiger partial charge on any atom is 0.00848 e. The van der Waals surface area contributed by atoms with Crippen molar-refractivity contribution in [2.24, 2.45) is 39.9 Å². The number of hydrogen-bond donors (Lipinski definition) is 4. The van der Waals surface area contributed by atoms with Crippen molar-refractivity contribution in [3.63, 3.8) is 0 Å². The Bertz CT molecular complexity index is 391. The van der Waals surface area contributed by atoms with Gasteiger partial charge in [0.1, 0.15) is 0 Å². The fourth-order valence-corrected chi connectivity index (χ4v) is 4.84. The third-order valence-electron chi connectivity index (χ3n) is 6.70. The second-order valence-electron chi connectivity index (χ2n) is 10.5. The van der Waals surface area contributed by atoms with Crippen LogP contribution >= 0.6 is 0 Å². The van der Waals surface area contributed by atoms with Crippen LogP contribution in [0.2, 0.25) is 0 Å². The summed E-state index contributed by atoms with van der Waals surface area (Å²) in [6, 6.07) is 1.42. The van der Waals surface area contributed by atoms with Crippen molar-refractivity contribution in [3.8, 4) is 0 Å². The van der Waals surface area contributed by atoms with Crippen LogP contribution in [0.4, 0.5) is 0 Å². The van der Waals surface area contributed by atoms with Crippen LogP contribution < -0.4 is 22.5 Å². The van der Waals surface area contributed by atoms with Crippen LogP contribution in [-0.4, -0.2) is 30.7 Å². The van der Waals surface area contributed by atoms with Gasteiger partial charge in [0.05, 0.1) is 0 Å². The van der Waals surface area contributed by atoms with E-state index in [1.54, 1.807) is 0 Å². The van der Waals surface area contributed by atoms with Gasteiger partial charge in [-0.15, -0.1) is 0 Å². The summed E-state index contributed by atoms with van der Waals surface area (Å²) in [5, 5.41) is 3.86. The molecule has 0 saturated heterocycles. The van der Waals surface area contributed by atoms with E-state index in [9.17, 15) is 0 Å². The normalized spacial score (nSPS) is 39.0. The van der Waals surface area contributed by atoms with Gasteiger partial charge in [0.2, 0.25) is 0 Å². The summed E-state index contributed by atoms with van der Waals surface area (Å²) in [4.78, 5) is 0. The summed E-state index contributed by atoms with van der Waals surface area (Å²) in [5.41, 5.74) is 19.4. The highest BCUT2D eigenvalue weighted by Gasteiger charge is 2.38. The molecule has 0 aromatic heterocycles. The lowest BCUT2D eigenvalue weighted by molar-refractivity contribution is 0.107. The monoisotopic (exact) mass is 338 g/mol. The van der Waals surface area contributed by atoms with Gasteiger partial charge in [0.25, 0.3) is 0 Å². The molecule has 2 aliphatic rings. The average Bonchev–Trinajstić information content (AvgIpc) is 2.43. The minimum Gasteiger partial charge on any atom is -0.328 e. The number of hydrogen-bond acceptors (Lipinski definition) is 4. The largest absolute Gasteiger partial charge is 0.328 e. The molecule has 7 N–H and O–H groups in total. The Morgan fingerprint density at radius 1 is 0.708 bits per heavy atom. The Hall–Kier alpha value is -0.160. The fourth-order valence-electron chi connectivity index (χ4n) is 4.84. The van der Waals surface area contributed by atoms with Crippen LogP contribution in [0, 0.1) is 22.7 Å². The molecule has 0 bridgehead atoms. The van der Waals surface area contributed by atoms with Crippen molar-refractivity contribution in [3.05, 3.63) is 0 Å². The molecule has 0 heterocycles. The van der Waals surface area contributed by atoms with Crippen molar-refractivity contribution < 1.29 is 0 Å². The highest BCUT2D eigenvalue weighted by Crippen LogP contribution is 2.39. The average molecular weight is 339 g/mol. The van der Waals surface area contributed by atoms with Crippen LogP contribution in [-0.2, 0) is 0 Å². The SMILES string of the molecule is CC(C)(C)C1CC(N)CC(NCC(C)(C)C2C[C@@H](N)C[C@@H](N)C2)C1. The van der Waals surface area contributed by atoms with Crippen molar-refractivity contribution in [1.82, 2.24) is 5.32 Å². The maximum atomic E-state index is 6.36. The molecule has 2 fully saturated rings. The molecular formula is C20H42N4. The summed E-state index contributed by atoms with van der Waals surface area (Å²) in [5.74, 6) is 1.32. The number of rotatable bonds is 4. The van der Waals surface area contributed by atoms with Gasteiger partial charge in [0, 0.05) is 30.7 Å². The van der Waals surface area contributed by atoms with Gasteiger partial charge in [-0.25, -0.2) is 0 Å². The van der Waals surface area contributed by atoms with Gasteiger partial charge in [-0.05, 0) is 61.2 Å². The van der Waals surface area contributed by atoms with E-state index in [4.69, 9.17) is 17.2 Å². The Labute approximate surface area is 149 Å². The molecule has 0 radical (unpaired) electrons. The quantitative estimate of drug-likeness (QED) is 0.634. The highest BCUT2D eigenvalue weighted by atomic mass is 14.9. The predicted molar refractivity (Wildman–Crippen MR) is 104 cm³/mol. The van der Waals surface area contributed by atoms with E-state index in [1.807, 2.05) is 0 Å². The van der Waals surface area contributed by atoms with E-state index in [0.29, 0.717) is 29.3 Å². The molecule has 0 aromatic carbocycles. The zero-order valence-corrected chi connectivity index (χ0v) is 16.6. The molecule has 24 heavy (non-hydrogen) atoms. The maximum absolute atomic E-state index is 6.36. The van der Waals surface area contributed by atoms with E-state index in [2.05, 4.69) is 39.9 Å². The zero-order chi connectivity index (χ0) is 18.1. The lowest BCUT2D eigenvalue weighted by atomic mass is 9.67. The topological polar surface area (TPSA) is 90.1 Å². The van der Waals surface area contributed by atoms with E-state index in [1.165, 1.54) is 6.42 Å². The molecule has 6 atom stereocenters. The van der Waals surface area contributed by atoms with Crippen molar-refractivity contribution >= 4 is 0 Å². The van der Waals surface area contributed by atoms with E-state index < -0.39 is 0 Å². The minimum atomic E-state index is 0.231. The van der Waals surface area contributed by atoms with Gasteiger partial charge in [-0.2, -0.15) is 0 Å². The van der Waals surface area contributed by atoms with Gasteiger partial charge in [-0.1, -0.05) is 34.6 Å². The lowest BCUT2D eigenvalue weighted by Gasteiger charge is -2.44. The summed E-state index contributed by atoms with van der Waals surface area (Å²) >= 11 is 0. The minimum absolute atomic E-state index is 0.231. The molecule has 2 rings (SSSR count). The smallest absolute Gasteiger partial charge is 0.00848 e. The molecule has 2 aliphatic carbocycles. The zero-order valence-electron chi connectivity index (χ0n) is 16.6. The second-order valence-corrected chi connectivity index (χ2v) is 10.5. The van der Waals surface area contributed by atoms with Crippen LogP contribution in [0.1, 0.15) is 73.1 Å². The van der Waals surface area contributed by atoms with E-state index in [-0.39, 0.29) is 17.5 Å². The molecular weight excluding hydrogens is 296 g/mol. The summed E-state index contributed by atoms with van der Waals surface area (Å²) in [6.07, 6.45) is 6.71. The van der Waals surface area contributed by atoms with E-state index >= 15 is 0 Å².